The van der Waals surface area contributed by atoms with Crippen LogP contribution in [0.5, 0.6) is 11.5 Å². The zero-order valence-corrected chi connectivity index (χ0v) is 16.7. The number of carbonyl (C=O) groups is 1. The number of nitrogens with one attached hydrogen (secondary N) is 1. The van der Waals surface area contributed by atoms with Gasteiger partial charge >= 0.3 is 0 Å². The summed E-state index contributed by atoms with van der Waals surface area (Å²) in [6.07, 6.45) is 4.81. The largest absolute Gasteiger partial charge is 0.494 e. The van der Waals surface area contributed by atoms with Gasteiger partial charge in [0.05, 0.1) is 6.61 Å². The van der Waals surface area contributed by atoms with E-state index in [-0.39, 0.29) is 5.91 Å². The Balaban J connectivity index is 1.83. The van der Waals surface area contributed by atoms with Crippen LogP contribution in [0.2, 0.25) is 0 Å². The number of rotatable bonds is 11. The van der Waals surface area contributed by atoms with Crippen molar-refractivity contribution in [2.45, 2.75) is 59.0 Å². The van der Waals surface area contributed by atoms with Crippen molar-refractivity contribution in [3.63, 3.8) is 0 Å². The second kappa shape index (κ2) is 11.3. The zero-order chi connectivity index (χ0) is 19.5. The summed E-state index contributed by atoms with van der Waals surface area (Å²) in [5.41, 5.74) is 1.90. The molecule has 0 radical (unpaired) electrons. The Kier molecular flexibility index (Phi) is 8.69. The fourth-order valence-corrected chi connectivity index (χ4v) is 2.68. The summed E-state index contributed by atoms with van der Waals surface area (Å²) < 4.78 is 11.6. The molecule has 0 aliphatic heterocycles. The number of hydrogen-bond acceptors (Lipinski definition) is 3. The summed E-state index contributed by atoms with van der Waals surface area (Å²) in [6, 6.07) is 15.2. The third-order valence-corrected chi connectivity index (χ3v) is 4.35. The van der Waals surface area contributed by atoms with Crippen molar-refractivity contribution in [1.29, 1.82) is 0 Å². The van der Waals surface area contributed by atoms with E-state index in [0.29, 0.717) is 12.2 Å². The number of benzene rings is 2. The first-order chi connectivity index (χ1) is 13.1. The van der Waals surface area contributed by atoms with E-state index < -0.39 is 6.10 Å². The Labute approximate surface area is 162 Å². The quantitative estimate of drug-likeness (QED) is 0.513. The summed E-state index contributed by atoms with van der Waals surface area (Å²) in [5.74, 6) is 1.38. The van der Waals surface area contributed by atoms with Gasteiger partial charge in [-0.05, 0) is 56.2 Å². The summed E-state index contributed by atoms with van der Waals surface area (Å²) in [7, 11) is 0. The number of amides is 1. The molecule has 27 heavy (non-hydrogen) atoms. The van der Waals surface area contributed by atoms with Crippen LogP contribution in [-0.2, 0) is 4.79 Å². The van der Waals surface area contributed by atoms with Crippen molar-refractivity contribution in [3.05, 3.63) is 54.1 Å². The molecule has 146 valence electrons. The SMILES string of the molecule is CCCCCCOc1ccc(NC(=O)[C@@H](CC)Oc2ccc(C)cc2)cc1. The number of unbranched alkanes of at least 4 members (excludes halogenated alkanes) is 3. The molecule has 0 aliphatic carbocycles. The van der Waals surface area contributed by atoms with Gasteiger partial charge in [-0.2, -0.15) is 0 Å². The van der Waals surface area contributed by atoms with Gasteiger partial charge in [0.15, 0.2) is 6.10 Å². The molecule has 1 N–H and O–H groups in total. The molecule has 4 nitrogen and oxygen atoms in total. The lowest BCUT2D eigenvalue weighted by Gasteiger charge is -2.17. The molecule has 2 aromatic rings. The number of aryl methyl sites for hydroxylation is 1. The smallest absolute Gasteiger partial charge is 0.265 e. The standard InChI is InChI=1S/C23H31NO3/c1-4-6-7-8-17-26-20-15-11-19(12-16-20)24-23(25)22(5-2)27-21-13-9-18(3)10-14-21/h9-16,22H,4-8,17H2,1-3H3,(H,24,25)/t22-/m1/s1. The molecule has 4 heteroatoms. The third kappa shape index (κ3) is 7.33. The first kappa shape index (κ1) is 20.8. The minimum atomic E-state index is -0.526. The molecule has 0 bridgehead atoms. The third-order valence-electron chi connectivity index (χ3n) is 4.35. The van der Waals surface area contributed by atoms with Gasteiger partial charge in [-0.1, -0.05) is 50.8 Å². The maximum Gasteiger partial charge on any atom is 0.265 e. The van der Waals surface area contributed by atoms with E-state index >= 15 is 0 Å². The van der Waals surface area contributed by atoms with Crippen LogP contribution in [0, 0.1) is 6.92 Å². The van der Waals surface area contributed by atoms with Crippen LogP contribution in [0.25, 0.3) is 0 Å². The van der Waals surface area contributed by atoms with Crippen LogP contribution in [0.3, 0.4) is 0 Å². The molecule has 0 fully saturated rings. The Bertz CT molecular complexity index is 680. The summed E-state index contributed by atoms with van der Waals surface area (Å²) in [4.78, 5) is 12.5. The molecule has 0 saturated carbocycles. The molecule has 0 spiro atoms. The van der Waals surface area contributed by atoms with E-state index in [1.54, 1.807) is 0 Å². The highest BCUT2D eigenvalue weighted by molar-refractivity contribution is 5.94. The van der Waals surface area contributed by atoms with Crippen LogP contribution in [0.4, 0.5) is 5.69 Å². The highest BCUT2D eigenvalue weighted by atomic mass is 16.5. The zero-order valence-electron chi connectivity index (χ0n) is 16.7. The van der Waals surface area contributed by atoms with E-state index in [1.807, 2.05) is 62.4 Å². The average Bonchev–Trinajstić information content (AvgIpc) is 2.68. The summed E-state index contributed by atoms with van der Waals surface area (Å²) >= 11 is 0. The fraction of sp³-hybridized carbons (Fsp3) is 0.435. The van der Waals surface area contributed by atoms with Gasteiger partial charge in [0.1, 0.15) is 11.5 Å². The molecular weight excluding hydrogens is 338 g/mol. The second-order valence-corrected chi connectivity index (χ2v) is 6.75. The van der Waals surface area contributed by atoms with Gasteiger partial charge in [-0.15, -0.1) is 0 Å². The molecule has 2 aromatic carbocycles. The molecule has 0 aliphatic rings. The topological polar surface area (TPSA) is 47.6 Å². The molecular formula is C23H31NO3. The summed E-state index contributed by atoms with van der Waals surface area (Å²) in [5, 5.41) is 2.92. The molecule has 0 aromatic heterocycles. The van der Waals surface area contributed by atoms with E-state index in [1.165, 1.54) is 19.3 Å². The maximum atomic E-state index is 12.5. The Morgan fingerprint density at radius 1 is 0.926 bits per heavy atom. The number of ether oxygens (including phenoxy) is 2. The molecule has 0 heterocycles. The fourth-order valence-electron chi connectivity index (χ4n) is 2.68. The molecule has 0 saturated heterocycles. The minimum Gasteiger partial charge on any atom is -0.494 e. The first-order valence-electron chi connectivity index (χ1n) is 9.89. The first-order valence-corrected chi connectivity index (χ1v) is 9.89. The molecule has 1 atom stereocenters. The van der Waals surface area contributed by atoms with Crippen molar-refractivity contribution >= 4 is 11.6 Å². The van der Waals surface area contributed by atoms with E-state index in [0.717, 1.165) is 30.0 Å². The number of carbonyl (C=O) groups excluding carboxylic acids is 1. The van der Waals surface area contributed by atoms with Crippen LogP contribution in [0.1, 0.15) is 51.5 Å². The van der Waals surface area contributed by atoms with Crippen molar-refractivity contribution in [2.24, 2.45) is 0 Å². The van der Waals surface area contributed by atoms with Crippen molar-refractivity contribution in [2.75, 3.05) is 11.9 Å². The van der Waals surface area contributed by atoms with Crippen molar-refractivity contribution in [1.82, 2.24) is 0 Å². The van der Waals surface area contributed by atoms with Crippen LogP contribution >= 0.6 is 0 Å². The Morgan fingerprint density at radius 3 is 2.22 bits per heavy atom. The number of anilines is 1. The lowest BCUT2D eigenvalue weighted by molar-refractivity contribution is -0.122. The van der Waals surface area contributed by atoms with Gasteiger partial charge in [0.25, 0.3) is 5.91 Å². The lowest BCUT2D eigenvalue weighted by atomic mass is 10.2. The van der Waals surface area contributed by atoms with Crippen LogP contribution < -0.4 is 14.8 Å². The van der Waals surface area contributed by atoms with Crippen LogP contribution in [0.15, 0.2) is 48.5 Å². The van der Waals surface area contributed by atoms with Gasteiger partial charge < -0.3 is 14.8 Å². The van der Waals surface area contributed by atoms with E-state index in [9.17, 15) is 4.79 Å². The van der Waals surface area contributed by atoms with Crippen molar-refractivity contribution in [3.8, 4) is 11.5 Å². The van der Waals surface area contributed by atoms with Gasteiger partial charge in [0, 0.05) is 5.69 Å². The average molecular weight is 370 g/mol. The molecule has 0 unspecified atom stereocenters. The van der Waals surface area contributed by atoms with Crippen LogP contribution in [-0.4, -0.2) is 18.6 Å². The van der Waals surface area contributed by atoms with Gasteiger partial charge in [-0.3, -0.25) is 4.79 Å². The lowest BCUT2D eigenvalue weighted by Crippen LogP contribution is -2.32. The molecule has 2 rings (SSSR count). The van der Waals surface area contributed by atoms with Gasteiger partial charge in [-0.25, -0.2) is 0 Å². The molecule has 1 amide bonds. The Hall–Kier alpha value is -2.49. The maximum absolute atomic E-state index is 12.5. The second-order valence-electron chi connectivity index (χ2n) is 6.75. The van der Waals surface area contributed by atoms with E-state index in [2.05, 4.69) is 12.2 Å². The highest BCUT2D eigenvalue weighted by Gasteiger charge is 2.18. The van der Waals surface area contributed by atoms with Crippen molar-refractivity contribution < 1.29 is 14.3 Å². The monoisotopic (exact) mass is 369 g/mol. The predicted octanol–water partition coefficient (Wildman–Crippen LogP) is 5.75. The predicted molar refractivity (Wildman–Crippen MR) is 111 cm³/mol. The van der Waals surface area contributed by atoms with E-state index in [4.69, 9.17) is 9.47 Å². The van der Waals surface area contributed by atoms with Gasteiger partial charge in [0.2, 0.25) is 0 Å². The summed E-state index contributed by atoms with van der Waals surface area (Å²) in [6.45, 7) is 6.89. The normalized spacial score (nSPS) is 11.7. The minimum absolute atomic E-state index is 0.147. The Morgan fingerprint density at radius 2 is 1.59 bits per heavy atom. The number of hydrogen-bond donors (Lipinski definition) is 1. The highest BCUT2D eigenvalue weighted by Crippen LogP contribution is 2.19.